The van der Waals surface area contributed by atoms with E-state index in [0.717, 1.165) is 5.56 Å². The summed E-state index contributed by atoms with van der Waals surface area (Å²) in [5.41, 5.74) is 1.52. The second kappa shape index (κ2) is 6.04. The van der Waals surface area contributed by atoms with E-state index in [1.54, 1.807) is 36.4 Å². The molecule has 0 saturated heterocycles. The van der Waals surface area contributed by atoms with Gasteiger partial charge >= 0.3 is 5.97 Å². The number of carbonyl (C=O) groups is 1. The number of rotatable bonds is 5. The van der Waals surface area contributed by atoms with E-state index < -0.39 is 17.0 Å². The molecule has 0 aliphatic heterocycles. The van der Waals surface area contributed by atoms with Crippen molar-refractivity contribution in [3.8, 4) is 16.9 Å². The number of hydrogen-bond acceptors (Lipinski definition) is 4. The van der Waals surface area contributed by atoms with Crippen LogP contribution in [0.15, 0.2) is 48.5 Å². The lowest BCUT2D eigenvalue weighted by Crippen LogP contribution is -2.22. The summed E-state index contributed by atoms with van der Waals surface area (Å²) in [5, 5.41) is 19.5. The van der Waals surface area contributed by atoms with Crippen molar-refractivity contribution in [1.29, 1.82) is 0 Å². The minimum atomic E-state index is -1.04. The first-order chi connectivity index (χ1) is 9.97. The Hall–Kier alpha value is -2.89. The van der Waals surface area contributed by atoms with Crippen molar-refractivity contribution in [2.45, 2.75) is 13.0 Å². The second-order valence-corrected chi connectivity index (χ2v) is 4.43. The summed E-state index contributed by atoms with van der Waals surface area (Å²) in [6, 6.07) is 13.0. The van der Waals surface area contributed by atoms with Crippen LogP contribution in [0.25, 0.3) is 11.1 Å². The largest absolute Gasteiger partial charge is 0.479 e. The maximum atomic E-state index is 10.8. The Bertz CT molecular complexity index is 666. The van der Waals surface area contributed by atoms with Gasteiger partial charge in [0, 0.05) is 12.1 Å². The molecular formula is C15H13NO5. The van der Waals surface area contributed by atoms with Crippen LogP contribution in [0.4, 0.5) is 5.69 Å². The lowest BCUT2D eigenvalue weighted by atomic mass is 10.1. The van der Waals surface area contributed by atoms with Crippen LogP contribution in [-0.4, -0.2) is 22.1 Å². The molecule has 0 saturated carbocycles. The van der Waals surface area contributed by atoms with Gasteiger partial charge in [-0.3, -0.25) is 10.1 Å². The summed E-state index contributed by atoms with van der Waals surface area (Å²) >= 11 is 0. The summed E-state index contributed by atoms with van der Waals surface area (Å²) < 4.78 is 5.22. The van der Waals surface area contributed by atoms with Crippen LogP contribution < -0.4 is 4.74 Å². The molecule has 6 heteroatoms. The highest BCUT2D eigenvalue weighted by Gasteiger charge is 2.12. The number of carboxylic acid groups (broad SMARTS) is 1. The van der Waals surface area contributed by atoms with Gasteiger partial charge < -0.3 is 9.84 Å². The lowest BCUT2D eigenvalue weighted by Gasteiger charge is -2.10. The topological polar surface area (TPSA) is 89.7 Å². The third-order valence-corrected chi connectivity index (χ3v) is 2.91. The number of nitrogens with zero attached hydrogens (tertiary/aromatic N) is 1. The van der Waals surface area contributed by atoms with Gasteiger partial charge in [0.15, 0.2) is 6.10 Å². The monoisotopic (exact) mass is 287 g/mol. The lowest BCUT2D eigenvalue weighted by molar-refractivity contribution is -0.384. The van der Waals surface area contributed by atoms with Crippen molar-refractivity contribution in [3.63, 3.8) is 0 Å². The van der Waals surface area contributed by atoms with Gasteiger partial charge in [0.05, 0.1) is 4.92 Å². The molecule has 0 radical (unpaired) electrons. The van der Waals surface area contributed by atoms with Crippen molar-refractivity contribution in [3.05, 3.63) is 58.6 Å². The van der Waals surface area contributed by atoms with Crippen molar-refractivity contribution < 1.29 is 19.6 Å². The van der Waals surface area contributed by atoms with Crippen LogP contribution in [0.2, 0.25) is 0 Å². The highest BCUT2D eigenvalue weighted by molar-refractivity contribution is 5.72. The molecule has 2 aromatic rings. The molecule has 0 spiro atoms. The van der Waals surface area contributed by atoms with Gasteiger partial charge in [0.2, 0.25) is 0 Å². The Labute approximate surface area is 120 Å². The number of non-ortho nitro benzene ring substituents is 1. The number of ether oxygens (including phenoxy) is 1. The molecule has 21 heavy (non-hydrogen) atoms. The van der Waals surface area contributed by atoms with Crippen LogP contribution in [0, 0.1) is 10.1 Å². The smallest absolute Gasteiger partial charge is 0.344 e. The zero-order valence-corrected chi connectivity index (χ0v) is 11.2. The zero-order valence-electron chi connectivity index (χ0n) is 11.2. The normalized spacial score (nSPS) is 11.7. The fraction of sp³-hybridized carbons (Fsp3) is 0.133. The maximum Gasteiger partial charge on any atom is 0.344 e. The number of nitro groups is 1. The van der Waals surface area contributed by atoms with Crippen molar-refractivity contribution in [1.82, 2.24) is 0 Å². The highest BCUT2D eigenvalue weighted by Crippen LogP contribution is 2.26. The Balaban J connectivity index is 2.21. The van der Waals surface area contributed by atoms with Gasteiger partial charge in [-0.2, -0.15) is 0 Å². The van der Waals surface area contributed by atoms with E-state index in [9.17, 15) is 14.9 Å². The molecule has 0 aliphatic rings. The van der Waals surface area contributed by atoms with Crippen molar-refractivity contribution in [2.75, 3.05) is 0 Å². The minimum Gasteiger partial charge on any atom is -0.479 e. The molecule has 0 fully saturated rings. The Morgan fingerprint density at radius 1 is 1.19 bits per heavy atom. The first-order valence-electron chi connectivity index (χ1n) is 6.22. The average Bonchev–Trinajstić information content (AvgIpc) is 2.48. The standard InChI is InChI=1S/C15H13NO5/c1-10(15(17)18)21-14-7-5-11(6-8-14)12-3-2-4-13(9-12)16(19)20/h2-10H,1H3,(H,17,18). The third-order valence-electron chi connectivity index (χ3n) is 2.91. The number of benzene rings is 2. The molecule has 0 aliphatic carbocycles. The van der Waals surface area contributed by atoms with E-state index in [0.29, 0.717) is 11.3 Å². The van der Waals surface area contributed by atoms with Crippen molar-refractivity contribution >= 4 is 11.7 Å². The maximum absolute atomic E-state index is 10.8. The quantitative estimate of drug-likeness (QED) is 0.674. The van der Waals surface area contributed by atoms with Crippen LogP contribution in [0.5, 0.6) is 5.75 Å². The molecule has 6 nitrogen and oxygen atoms in total. The van der Waals surface area contributed by atoms with E-state index in [2.05, 4.69) is 0 Å². The zero-order chi connectivity index (χ0) is 15.4. The van der Waals surface area contributed by atoms with Gasteiger partial charge in [0.25, 0.3) is 5.69 Å². The third kappa shape index (κ3) is 3.56. The summed E-state index contributed by atoms with van der Waals surface area (Å²) in [5.74, 6) is -0.614. The molecule has 0 amide bonds. The molecule has 0 bridgehead atoms. The number of carboxylic acids is 1. The van der Waals surface area contributed by atoms with Gasteiger partial charge in [0.1, 0.15) is 5.75 Å². The molecule has 0 aromatic heterocycles. The molecule has 1 N–H and O–H groups in total. The van der Waals surface area contributed by atoms with Crippen LogP contribution >= 0.6 is 0 Å². The van der Waals surface area contributed by atoms with Gasteiger partial charge in [-0.05, 0) is 30.2 Å². The van der Waals surface area contributed by atoms with Crippen LogP contribution in [0.1, 0.15) is 6.92 Å². The Morgan fingerprint density at radius 2 is 1.86 bits per heavy atom. The van der Waals surface area contributed by atoms with Crippen LogP contribution in [-0.2, 0) is 4.79 Å². The fourth-order valence-electron chi connectivity index (χ4n) is 1.78. The molecular weight excluding hydrogens is 274 g/mol. The number of nitro benzene ring substituents is 1. The van der Waals surface area contributed by atoms with Gasteiger partial charge in [-0.1, -0.05) is 24.3 Å². The molecule has 1 atom stereocenters. The first kappa shape index (κ1) is 14.5. The Kier molecular flexibility index (Phi) is 4.18. The SMILES string of the molecule is CC(Oc1ccc(-c2cccc([N+](=O)[O-])c2)cc1)C(=O)O. The predicted octanol–water partition coefficient (Wildman–Crippen LogP) is 3.11. The van der Waals surface area contributed by atoms with Crippen molar-refractivity contribution in [2.24, 2.45) is 0 Å². The predicted molar refractivity (Wildman–Crippen MR) is 76.3 cm³/mol. The average molecular weight is 287 g/mol. The van der Waals surface area contributed by atoms with E-state index in [4.69, 9.17) is 9.84 Å². The van der Waals surface area contributed by atoms with E-state index in [-0.39, 0.29) is 5.69 Å². The fourth-order valence-corrected chi connectivity index (χ4v) is 1.78. The molecule has 108 valence electrons. The van der Waals surface area contributed by atoms with Gasteiger partial charge in [-0.15, -0.1) is 0 Å². The number of hydrogen-bond donors (Lipinski definition) is 1. The van der Waals surface area contributed by atoms with E-state index >= 15 is 0 Å². The summed E-state index contributed by atoms with van der Waals surface area (Å²) in [6.45, 7) is 1.44. The summed E-state index contributed by atoms with van der Waals surface area (Å²) in [7, 11) is 0. The molecule has 0 heterocycles. The Morgan fingerprint density at radius 3 is 2.43 bits per heavy atom. The van der Waals surface area contributed by atoms with E-state index in [1.807, 2.05) is 0 Å². The summed E-state index contributed by atoms with van der Waals surface area (Å²) in [6.07, 6.45) is -0.936. The second-order valence-electron chi connectivity index (χ2n) is 4.43. The van der Waals surface area contributed by atoms with E-state index in [1.165, 1.54) is 19.1 Å². The van der Waals surface area contributed by atoms with Crippen LogP contribution in [0.3, 0.4) is 0 Å². The molecule has 1 unspecified atom stereocenters. The van der Waals surface area contributed by atoms with Gasteiger partial charge in [-0.25, -0.2) is 4.79 Å². The highest BCUT2D eigenvalue weighted by atomic mass is 16.6. The number of aliphatic carboxylic acids is 1. The molecule has 2 rings (SSSR count). The summed E-state index contributed by atoms with van der Waals surface area (Å²) in [4.78, 5) is 21.0. The first-order valence-corrected chi connectivity index (χ1v) is 6.22. The minimum absolute atomic E-state index is 0.0207. The molecule has 2 aromatic carbocycles.